The molecule has 11 nitrogen and oxygen atoms in total. The third-order valence-electron chi connectivity index (χ3n) is 16.4. The van der Waals surface area contributed by atoms with E-state index in [4.69, 9.17) is 23.7 Å². The highest BCUT2D eigenvalue weighted by Crippen LogP contribution is 2.89. The van der Waals surface area contributed by atoms with Crippen LogP contribution in [-0.2, 0) is 28.5 Å². The van der Waals surface area contributed by atoms with E-state index >= 15 is 0 Å². The first-order valence-corrected chi connectivity index (χ1v) is 18.5. The molecule has 48 heavy (non-hydrogen) atoms. The number of carbonyl (C=O) groups excluding carboxylic acids is 1. The fraction of sp³-hybridized carbons (Fsp3) is 0.973. The molecule has 0 aromatic heterocycles. The van der Waals surface area contributed by atoms with Gasteiger partial charge in [0.25, 0.3) is 0 Å². The molecule has 8 rings (SSSR count). The molecule has 0 bridgehead atoms. The third-order valence-corrected chi connectivity index (χ3v) is 16.4. The summed E-state index contributed by atoms with van der Waals surface area (Å²) in [7, 11) is 0. The SMILES string of the molecule is CC(=O)O[C@@H]1C[C@@]23C[C@@]24CC[C@H](O[C@@H]2OC[C@@H](O)[C@H](O)[C@H]2O)C(C)(C)[C@@H]4CC[C@H]3[C@]2(C)C[C@@H]3O[C@@]4(O)[C@H](OC(C)(C)[C@H]4O)[C@@H](C)[C@@H]3[C@@]12C. The molecule has 8 fully saturated rings. The van der Waals surface area contributed by atoms with Gasteiger partial charge in [0.05, 0.1) is 24.4 Å². The minimum absolute atomic E-state index is 0.0187. The average molecular weight is 679 g/mol. The minimum Gasteiger partial charge on any atom is -0.462 e. The molecule has 0 amide bonds. The number of fused-ring (bicyclic) bond motifs is 5. The molecule has 2 spiro atoms. The lowest BCUT2D eigenvalue weighted by Gasteiger charge is -2.65. The Balaban J connectivity index is 1.12. The third kappa shape index (κ3) is 3.95. The maximum absolute atomic E-state index is 12.9. The highest BCUT2D eigenvalue weighted by atomic mass is 16.7. The quantitative estimate of drug-likeness (QED) is 0.220. The van der Waals surface area contributed by atoms with Crippen LogP contribution in [0.1, 0.15) is 100 Å². The lowest BCUT2D eigenvalue weighted by atomic mass is 9.41. The van der Waals surface area contributed by atoms with E-state index in [0.717, 1.165) is 38.5 Å². The average Bonchev–Trinajstić information content (AvgIpc) is 3.52. The van der Waals surface area contributed by atoms with Crippen molar-refractivity contribution in [2.75, 3.05) is 6.61 Å². The van der Waals surface area contributed by atoms with Gasteiger partial charge in [-0.2, -0.15) is 0 Å². The van der Waals surface area contributed by atoms with Gasteiger partial charge in [-0.3, -0.25) is 4.79 Å². The number of aliphatic hydroxyl groups excluding tert-OH is 4. The number of carbonyl (C=O) groups is 1. The zero-order chi connectivity index (χ0) is 34.8. The Morgan fingerprint density at radius 2 is 1.54 bits per heavy atom. The van der Waals surface area contributed by atoms with E-state index in [2.05, 4.69) is 34.6 Å². The van der Waals surface area contributed by atoms with Gasteiger partial charge in [0.1, 0.15) is 36.6 Å². The van der Waals surface area contributed by atoms with Crippen LogP contribution in [0.2, 0.25) is 0 Å². The van der Waals surface area contributed by atoms with E-state index in [0.29, 0.717) is 18.3 Å². The summed E-state index contributed by atoms with van der Waals surface area (Å²) in [6.45, 7) is 16.3. The Hall–Kier alpha value is -0.890. The minimum atomic E-state index is -1.80. The topological polar surface area (TPSA) is 164 Å². The Morgan fingerprint density at radius 3 is 2.23 bits per heavy atom. The lowest BCUT2D eigenvalue weighted by molar-refractivity contribution is -0.330. The van der Waals surface area contributed by atoms with Gasteiger partial charge in [-0.1, -0.05) is 34.6 Å². The summed E-state index contributed by atoms with van der Waals surface area (Å²) >= 11 is 0. The number of hydrogen-bond donors (Lipinski definition) is 5. The van der Waals surface area contributed by atoms with Crippen molar-refractivity contribution >= 4 is 5.97 Å². The zero-order valence-corrected chi connectivity index (χ0v) is 29.8. The van der Waals surface area contributed by atoms with Crippen molar-refractivity contribution in [3.8, 4) is 0 Å². The molecule has 3 heterocycles. The van der Waals surface area contributed by atoms with E-state index in [1.807, 2.05) is 0 Å². The van der Waals surface area contributed by atoms with Crippen LogP contribution in [0.5, 0.6) is 0 Å². The van der Waals surface area contributed by atoms with Crippen molar-refractivity contribution in [2.45, 2.75) is 167 Å². The first kappa shape index (κ1) is 34.2. The second-order valence-electron chi connectivity index (χ2n) is 19.0. The molecular formula is C37H58O11. The molecule has 0 radical (unpaired) electrons. The van der Waals surface area contributed by atoms with Crippen molar-refractivity contribution in [1.29, 1.82) is 0 Å². The molecule has 3 aliphatic heterocycles. The van der Waals surface area contributed by atoms with Crippen molar-refractivity contribution in [3.05, 3.63) is 0 Å². The molecule has 3 saturated heterocycles. The van der Waals surface area contributed by atoms with Crippen LogP contribution >= 0.6 is 0 Å². The van der Waals surface area contributed by atoms with Crippen LogP contribution in [-0.4, -0.2) is 105 Å². The molecule has 5 saturated carbocycles. The number of ether oxygens (including phenoxy) is 5. The van der Waals surface area contributed by atoms with Crippen molar-refractivity contribution < 1.29 is 54.0 Å². The van der Waals surface area contributed by atoms with Crippen LogP contribution in [0.3, 0.4) is 0 Å². The van der Waals surface area contributed by atoms with Gasteiger partial charge >= 0.3 is 5.97 Å². The van der Waals surface area contributed by atoms with Gasteiger partial charge in [-0.05, 0) is 104 Å². The molecule has 8 aliphatic rings. The van der Waals surface area contributed by atoms with Crippen molar-refractivity contribution in [2.24, 2.45) is 50.7 Å². The Labute approximate surface area is 284 Å². The van der Waals surface area contributed by atoms with Gasteiger partial charge in [0.2, 0.25) is 5.79 Å². The van der Waals surface area contributed by atoms with Crippen LogP contribution in [0.4, 0.5) is 0 Å². The summed E-state index contributed by atoms with van der Waals surface area (Å²) in [5.74, 6) is -1.56. The Morgan fingerprint density at radius 1 is 0.854 bits per heavy atom. The number of aliphatic hydroxyl groups is 5. The van der Waals surface area contributed by atoms with E-state index in [9.17, 15) is 30.3 Å². The molecule has 0 aromatic carbocycles. The second kappa shape index (κ2) is 10.2. The van der Waals surface area contributed by atoms with Gasteiger partial charge in [0.15, 0.2) is 6.29 Å². The molecule has 18 atom stereocenters. The molecule has 5 N–H and O–H groups in total. The molecule has 5 aliphatic carbocycles. The second-order valence-corrected chi connectivity index (χ2v) is 19.0. The zero-order valence-electron chi connectivity index (χ0n) is 29.8. The van der Waals surface area contributed by atoms with Gasteiger partial charge in [-0.15, -0.1) is 0 Å². The van der Waals surface area contributed by atoms with Crippen LogP contribution in [0, 0.1) is 50.7 Å². The fourth-order valence-electron chi connectivity index (χ4n) is 14.3. The maximum Gasteiger partial charge on any atom is 0.302 e. The largest absolute Gasteiger partial charge is 0.462 e. The summed E-state index contributed by atoms with van der Waals surface area (Å²) in [6.07, 6.45) is -1.19. The van der Waals surface area contributed by atoms with Gasteiger partial charge in [0, 0.05) is 12.3 Å². The Bertz CT molecular complexity index is 1350. The van der Waals surface area contributed by atoms with Crippen LogP contribution in [0.25, 0.3) is 0 Å². The fourth-order valence-corrected chi connectivity index (χ4v) is 14.3. The first-order chi connectivity index (χ1) is 22.2. The van der Waals surface area contributed by atoms with E-state index in [1.165, 1.54) is 6.92 Å². The summed E-state index contributed by atoms with van der Waals surface area (Å²) in [6, 6.07) is 0. The normalized spacial score (nSPS) is 60.4. The molecule has 0 unspecified atom stereocenters. The molecule has 272 valence electrons. The predicted molar refractivity (Wildman–Crippen MR) is 170 cm³/mol. The monoisotopic (exact) mass is 678 g/mol. The van der Waals surface area contributed by atoms with Crippen molar-refractivity contribution in [1.82, 2.24) is 0 Å². The summed E-state index contributed by atoms with van der Waals surface area (Å²) < 4.78 is 31.6. The van der Waals surface area contributed by atoms with E-state index < -0.39 is 53.6 Å². The summed E-state index contributed by atoms with van der Waals surface area (Å²) in [5.41, 5.74) is -1.87. The molecular weight excluding hydrogens is 620 g/mol. The molecule has 11 heteroatoms. The van der Waals surface area contributed by atoms with Gasteiger partial charge < -0.3 is 49.2 Å². The highest BCUT2D eigenvalue weighted by molar-refractivity contribution is 5.66. The highest BCUT2D eigenvalue weighted by Gasteiger charge is 2.86. The number of rotatable bonds is 3. The Kier molecular flexibility index (Phi) is 7.24. The maximum atomic E-state index is 12.9. The van der Waals surface area contributed by atoms with Gasteiger partial charge in [-0.25, -0.2) is 0 Å². The van der Waals surface area contributed by atoms with Crippen LogP contribution in [0.15, 0.2) is 0 Å². The lowest BCUT2D eigenvalue weighted by Crippen LogP contribution is -2.66. The van der Waals surface area contributed by atoms with E-state index in [-0.39, 0.29) is 64.4 Å². The van der Waals surface area contributed by atoms with E-state index in [1.54, 1.807) is 13.8 Å². The summed E-state index contributed by atoms with van der Waals surface area (Å²) in [4.78, 5) is 12.9. The first-order valence-electron chi connectivity index (χ1n) is 18.5. The number of hydrogen-bond acceptors (Lipinski definition) is 11. The van der Waals surface area contributed by atoms with Crippen LogP contribution < -0.4 is 0 Å². The summed E-state index contributed by atoms with van der Waals surface area (Å²) in [5, 5.41) is 54.1. The smallest absolute Gasteiger partial charge is 0.302 e. The standard InChI is InChI=1S/C37H58O11/c1-17-25-20(47-37(43)28(17)48-32(5,6)30(37)42)13-33(7)22-10-9-21-31(3,4)23(46-29-27(41)26(40)19(39)15-44-29)11-12-35(21)16-36(22,35)14-24(34(25,33)8)45-18(2)38/h17,19-30,39-43H,9-16H2,1-8H3/t17-,19+,20-,21-,22-,23-,24+,25-,26-,27+,28+,29-,30+,33-,34+,35+,36-,37-/m0/s1. The predicted octanol–water partition coefficient (Wildman–Crippen LogP) is 2.66. The van der Waals surface area contributed by atoms with Crippen molar-refractivity contribution in [3.63, 3.8) is 0 Å². The number of esters is 1. The molecule has 0 aromatic rings.